The molecule has 2 rings (SSSR count). The lowest BCUT2D eigenvalue weighted by atomic mass is 9.58. The van der Waals surface area contributed by atoms with Gasteiger partial charge in [0.25, 0.3) is 0 Å². The van der Waals surface area contributed by atoms with Gasteiger partial charge in [-0.05, 0) is 40.3 Å². The molecule has 0 radical (unpaired) electrons. The van der Waals surface area contributed by atoms with Gasteiger partial charge in [-0.2, -0.15) is 0 Å². The molecule has 0 aromatic heterocycles. The summed E-state index contributed by atoms with van der Waals surface area (Å²) >= 11 is 0. The molecule has 0 aliphatic heterocycles. The predicted octanol–water partition coefficient (Wildman–Crippen LogP) is 1.72. The van der Waals surface area contributed by atoms with E-state index in [-0.39, 0.29) is 10.8 Å². The normalized spacial score (nSPS) is 20.8. The first-order valence-corrected chi connectivity index (χ1v) is 6.26. The summed E-state index contributed by atoms with van der Waals surface area (Å²) in [6.45, 7) is 8.84. The van der Waals surface area contributed by atoms with E-state index in [0.29, 0.717) is 5.46 Å². The molecule has 3 heteroatoms. The Hall–Kier alpha value is -0.795. The van der Waals surface area contributed by atoms with E-state index in [9.17, 15) is 10.0 Å². The summed E-state index contributed by atoms with van der Waals surface area (Å²) in [5.74, 6) is 0. The number of hydrogen-bond acceptors (Lipinski definition) is 2. The number of hydrogen-bond donors (Lipinski definition) is 2. The first-order chi connectivity index (χ1) is 7.76. The fraction of sp³-hybridized carbons (Fsp3) is 0.571. The van der Waals surface area contributed by atoms with Gasteiger partial charge in [-0.25, -0.2) is 0 Å². The Bertz CT molecular complexity index is 436. The van der Waals surface area contributed by atoms with Gasteiger partial charge in [0.2, 0.25) is 0 Å². The monoisotopic (exact) mass is 232 g/mol. The van der Waals surface area contributed by atoms with Crippen molar-refractivity contribution in [3.05, 3.63) is 29.3 Å². The van der Waals surface area contributed by atoms with Crippen LogP contribution in [0, 0.1) is 0 Å². The molecule has 0 atom stereocenters. The van der Waals surface area contributed by atoms with Crippen molar-refractivity contribution in [2.24, 2.45) is 0 Å². The van der Waals surface area contributed by atoms with Crippen molar-refractivity contribution in [1.29, 1.82) is 0 Å². The smallest absolute Gasteiger partial charge is 0.423 e. The summed E-state index contributed by atoms with van der Waals surface area (Å²) in [6.07, 6.45) is 2.22. The standard InChI is InChI=1S/C14H21BO2/c1-13(2)8-9-14(3,4)12-10(13)6-5-7-11(12)15(16)17/h5-7,16-17H,8-9H2,1-4H3. The van der Waals surface area contributed by atoms with Gasteiger partial charge in [-0.1, -0.05) is 45.9 Å². The molecule has 2 nitrogen and oxygen atoms in total. The molecule has 0 heterocycles. The van der Waals surface area contributed by atoms with Gasteiger partial charge in [0.05, 0.1) is 0 Å². The Morgan fingerprint density at radius 1 is 1.00 bits per heavy atom. The van der Waals surface area contributed by atoms with Crippen LogP contribution >= 0.6 is 0 Å². The van der Waals surface area contributed by atoms with E-state index in [2.05, 4.69) is 33.8 Å². The highest BCUT2D eigenvalue weighted by atomic mass is 16.4. The Morgan fingerprint density at radius 3 is 2.18 bits per heavy atom. The van der Waals surface area contributed by atoms with Crippen LogP contribution in [-0.2, 0) is 10.8 Å². The summed E-state index contributed by atoms with van der Waals surface area (Å²) < 4.78 is 0. The van der Waals surface area contributed by atoms with Crippen molar-refractivity contribution in [3.63, 3.8) is 0 Å². The Morgan fingerprint density at radius 2 is 1.59 bits per heavy atom. The van der Waals surface area contributed by atoms with E-state index in [1.807, 2.05) is 12.1 Å². The van der Waals surface area contributed by atoms with Gasteiger partial charge in [-0.15, -0.1) is 0 Å². The third-order valence-electron chi connectivity index (χ3n) is 4.16. The van der Waals surface area contributed by atoms with Crippen LogP contribution in [-0.4, -0.2) is 17.2 Å². The van der Waals surface area contributed by atoms with Crippen molar-refractivity contribution in [2.75, 3.05) is 0 Å². The second-order valence-corrected chi connectivity index (χ2v) is 6.41. The Labute approximate surface area is 104 Å². The molecule has 0 spiro atoms. The molecule has 0 saturated carbocycles. The van der Waals surface area contributed by atoms with Crippen molar-refractivity contribution in [1.82, 2.24) is 0 Å². The summed E-state index contributed by atoms with van der Waals surface area (Å²) in [5.41, 5.74) is 3.20. The number of benzene rings is 1. The number of fused-ring (bicyclic) bond motifs is 1. The first-order valence-electron chi connectivity index (χ1n) is 6.26. The molecule has 1 aliphatic rings. The SMILES string of the molecule is CC1(C)CCC(C)(C)c2c(B(O)O)cccc21. The number of rotatable bonds is 1. The molecular formula is C14H21BO2. The molecule has 1 aromatic rings. The summed E-state index contributed by atoms with van der Waals surface area (Å²) in [6, 6.07) is 5.88. The zero-order valence-corrected chi connectivity index (χ0v) is 11.1. The minimum Gasteiger partial charge on any atom is -0.423 e. The van der Waals surface area contributed by atoms with Gasteiger partial charge in [-0.3, -0.25) is 0 Å². The second kappa shape index (κ2) is 3.86. The molecule has 0 amide bonds. The van der Waals surface area contributed by atoms with Gasteiger partial charge >= 0.3 is 7.12 Å². The fourth-order valence-corrected chi connectivity index (χ4v) is 2.99. The highest BCUT2D eigenvalue weighted by Gasteiger charge is 2.39. The highest BCUT2D eigenvalue weighted by Crippen LogP contribution is 2.44. The average Bonchev–Trinajstić information content (AvgIpc) is 2.24. The molecule has 0 fully saturated rings. The van der Waals surface area contributed by atoms with Crippen LogP contribution in [0.4, 0.5) is 0 Å². The molecule has 92 valence electrons. The van der Waals surface area contributed by atoms with Crippen LogP contribution in [0.25, 0.3) is 0 Å². The van der Waals surface area contributed by atoms with E-state index in [4.69, 9.17) is 0 Å². The average molecular weight is 232 g/mol. The summed E-state index contributed by atoms with van der Waals surface area (Å²) in [5, 5.41) is 19.1. The molecular weight excluding hydrogens is 211 g/mol. The minimum absolute atomic E-state index is 0.0190. The zero-order valence-electron chi connectivity index (χ0n) is 11.1. The summed E-state index contributed by atoms with van der Waals surface area (Å²) in [7, 11) is -1.38. The van der Waals surface area contributed by atoms with Gasteiger partial charge in [0.1, 0.15) is 0 Å². The third kappa shape index (κ3) is 2.02. The quantitative estimate of drug-likeness (QED) is 0.723. The van der Waals surface area contributed by atoms with Crippen LogP contribution < -0.4 is 5.46 Å². The zero-order chi connectivity index (χ0) is 12.8. The van der Waals surface area contributed by atoms with Crippen LogP contribution in [0.5, 0.6) is 0 Å². The van der Waals surface area contributed by atoms with E-state index in [1.54, 1.807) is 0 Å². The minimum atomic E-state index is -1.38. The maximum atomic E-state index is 9.54. The Kier molecular flexibility index (Phi) is 2.87. The molecule has 1 aliphatic carbocycles. The maximum absolute atomic E-state index is 9.54. The predicted molar refractivity (Wildman–Crippen MR) is 71.6 cm³/mol. The molecule has 17 heavy (non-hydrogen) atoms. The highest BCUT2D eigenvalue weighted by molar-refractivity contribution is 6.59. The van der Waals surface area contributed by atoms with E-state index in [0.717, 1.165) is 18.4 Å². The topological polar surface area (TPSA) is 40.5 Å². The molecule has 1 aromatic carbocycles. The van der Waals surface area contributed by atoms with Gasteiger partial charge in [0.15, 0.2) is 0 Å². The van der Waals surface area contributed by atoms with E-state index in [1.165, 1.54) is 5.56 Å². The van der Waals surface area contributed by atoms with Crippen molar-refractivity contribution < 1.29 is 10.0 Å². The lowest BCUT2D eigenvalue weighted by molar-refractivity contribution is 0.331. The van der Waals surface area contributed by atoms with Crippen molar-refractivity contribution in [3.8, 4) is 0 Å². The summed E-state index contributed by atoms with van der Waals surface area (Å²) in [4.78, 5) is 0. The fourth-order valence-electron chi connectivity index (χ4n) is 2.99. The lowest BCUT2D eigenvalue weighted by Crippen LogP contribution is -2.44. The van der Waals surface area contributed by atoms with Crippen LogP contribution in [0.3, 0.4) is 0 Å². The van der Waals surface area contributed by atoms with Gasteiger partial charge < -0.3 is 10.0 Å². The molecule has 0 saturated heterocycles. The van der Waals surface area contributed by atoms with Gasteiger partial charge in [0, 0.05) is 0 Å². The third-order valence-corrected chi connectivity index (χ3v) is 4.16. The molecule has 2 N–H and O–H groups in total. The lowest BCUT2D eigenvalue weighted by Gasteiger charge is -2.43. The van der Waals surface area contributed by atoms with Crippen molar-refractivity contribution >= 4 is 12.6 Å². The van der Waals surface area contributed by atoms with E-state index < -0.39 is 7.12 Å². The largest absolute Gasteiger partial charge is 0.488 e. The van der Waals surface area contributed by atoms with Crippen molar-refractivity contribution in [2.45, 2.75) is 51.4 Å². The van der Waals surface area contributed by atoms with Crippen LogP contribution in [0.1, 0.15) is 51.7 Å². The van der Waals surface area contributed by atoms with Crippen LogP contribution in [0.15, 0.2) is 18.2 Å². The Balaban J connectivity index is 2.71. The van der Waals surface area contributed by atoms with Crippen LogP contribution in [0.2, 0.25) is 0 Å². The second-order valence-electron chi connectivity index (χ2n) is 6.41. The first kappa shape index (κ1) is 12.7. The molecule has 0 unspecified atom stereocenters. The maximum Gasteiger partial charge on any atom is 0.488 e. The molecule has 0 bridgehead atoms. The van der Waals surface area contributed by atoms with E-state index >= 15 is 0 Å².